The topological polar surface area (TPSA) is 56.8 Å². The molecular weight excluding hydrogens is 394 g/mol. The minimum atomic E-state index is 0.00766. The summed E-state index contributed by atoms with van der Waals surface area (Å²) in [5, 5.41) is 2.93. The Morgan fingerprint density at radius 2 is 1.79 bits per heavy atom. The quantitative estimate of drug-likeness (QED) is 0.714. The molecule has 1 aromatic heterocycles. The van der Waals surface area contributed by atoms with Crippen LogP contribution in [-0.4, -0.2) is 27.2 Å². The zero-order chi connectivity index (χ0) is 17.5. The van der Waals surface area contributed by atoms with Crippen LogP contribution in [0.4, 0.5) is 0 Å². The van der Waals surface area contributed by atoms with Crippen LogP contribution < -0.4 is 19.5 Å². The van der Waals surface area contributed by atoms with Gasteiger partial charge in [0.05, 0.1) is 31.7 Å². The van der Waals surface area contributed by atoms with E-state index in [-0.39, 0.29) is 5.91 Å². The monoisotopic (exact) mass is 413 g/mol. The Bertz CT molecular complexity index is 677. The maximum Gasteiger partial charge on any atom is 0.220 e. The summed E-state index contributed by atoms with van der Waals surface area (Å²) in [7, 11) is 4.72. The average Bonchev–Trinajstić information content (AvgIpc) is 3.02. The number of benzene rings is 1. The number of thiophene rings is 1. The van der Waals surface area contributed by atoms with Crippen molar-refractivity contribution in [2.24, 2.45) is 0 Å². The molecule has 1 heterocycles. The van der Waals surface area contributed by atoms with Crippen LogP contribution >= 0.6 is 27.3 Å². The summed E-state index contributed by atoms with van der Waals surface area (Å²) in [4.78, 5) is 13.1. The molecule has 0 bridgehead atoms. The summed E-state index contributed by atoms with van der Waals surface area (Å²) in [6.45, 7) is 0.546. The molecule has 0 saturated carbocycles. The van der Waals surface area contributed by atoms with Crippen molar-refractivity contribution in [3.8, 4) is 17.2 Å². The Balaban J connectivity index is 1.94. The molecule has 0 aliphatic rings. The molecule has 2 aromatic rings. The van der Waals surface area contributed by atoms with E-state index in [9.17, 15) is 4.79 Å². The fraction of sp³-hybridized carbons (Fsp3) is 0.353. The number of hydrogen-bond acceptors (Lipinski definition) is 5. The number of aryl methyl sites for hydroxylation is 1. The van der Waals surface area contributed by atoms with Crippen LogP contribution in [0.2, 0.25) is 0 Å². The number of nitrogens with one attached hydrogen (secondary N) is 1. The molecule has 0 saturated heterocycles. The van der Waals surface area contributed by atoms with Crippen molar-refractivity contribution in [1.82, 2.24) is 5.32 Å². The molecule has 24 heavy (non-hydrogen) atoms. The van der Waals surface area contributed by atoms with E-state index in [2.05, 4.69) is 21.2 Å². The van der Waals surface area contributed by atoms with E-state index in [1.54, 1.807) is 32.7 Å². The van der Waals surface area contributed by atoms with Crippen molar-refractivity contribution in [2.75, 3.05) is 21.3 Å². The molecule has 1 N–H and O–H groups in total. The van der Waals surface area contributed by atoms with Crippen LogP contribution in [0.1, 0.15) is 16.9 Å². The molecule has 0 fully saturated rings. The van der Waals surface area contributed by atoms with Crippen LogP contribution in [0.25, 0.3) is 0 Å². The Kier molecular flexibility index (Phi) is 6.93. The van der Waals surface area contributed by atoms with Gasteiger partial charge in [-0.2, -0.15) is 0 Å². The van der Waals surface area contributed by atoms with Gasteiger partial charge in [0.2, 0.25) is 11.7 Å². The number of carbonyl (C=O) groups excluding carboxylic acids is 1. The van der Waals surface area contributed by atoms with Crippen molar-refractivity contribution < 1.29 is 19.0 Å². The van der Waals surface area contributed by atoms with E-state index in [1.807, 2.05) is 24.3 Å². The molecule has 5 nitrogen and oxygen atoms in total. The second-order valence-corrected chi connectivity index (χ2v) is 7.56. The van der Waals surface area contributed by atoms with Gasteiger partial charge in [0.25, 0.3) is 0 Å². The lowest BCUT2D eigenvalue weighted by Gasteiger charge is -2.14. The number of amides is 1. The third-order valence-corrected chi connectivity index (χ3v) is 5.08. The molecule has 130 valence electrons. The predicted molar refractivity (Wildman–Crippen MR) is 98.3 cm³/mol. The molecule has 0 aliphatic heterocycles. The number of hydrogen-bond donors (Lipinski definition) is 1. The van der Waals surface area contributed by atoms with Gasteiger partial charge in [-0.1, -0.05) is 0 Å². The standard InChI is InChI=1S/C17H20BrNO4S/c1-21-13-8-11(9-14(22-2)17(13)23-3)4-7-16(20)19-10-12-5-6-15(18)24-12/h5-6,8-9H,4,7,10H2,1-3H3,(H,19,20). The molecule has 1 aromatic carbocycles. The van der Waals surface area contributed by atoms with Crippen LogP contribution in [-0.2, 0) is 17.8 Å². The van der Waals surface area contributed by atoms with Gasteiger partial charge >= 0.3 is 0 Å². The Labute approximate surface area is 154 Å². The van der Waals surface area contributed by atoms with E-state index >= 15 is 0 Å². The van der Waals surface area contributed by atoms with Gasteiger partial charge < -0.3 is 19.5 Å². The Hall–Kier alpha value is -1.73. The summed E-state index contributed by atoms with van der Waals surface area (Å²) >= 11 is 5.02. The summed E-state index contributed by atoms with van der Waals surface area (Å²) in [5.41, 5.74) is 0.957. The van der Waals surface area contributed by atoms with E-state index < -0.39 is 0 Å². The number of carbonyl (C=O) groups is 1. The summed E-state index contributed by atoms with van der Waals surface area (Å²) in [6, 6.07) is 7.70. The lowest BCUT2D eigenvalue weighted by molar-refractivity contribution is -0.121. The molecule has 0 spiro atoms. The first-order chi connectivity index (χ1) is 11.6. The fourth-order valence-electron chi connectivity index (χ4n) is 2.26. The van der Waals surface area contributed by atoms with Crippen molar-refractivity contribution in [3.63, 3.8) is 0 Å². The zero-order valence-electron chi connectivity index (χ0n) is 13.8. The minimum absolute atomic E-state index is 0.00766. The number of ether oxygens (including phenoxy) is 3. The van der Waals surface area contributed by atoms with Crippen molar-refractivity contribution >= 4 is 33.2 Å². The highest BCUT2D eigenvalue weighted by Crippen LogP contribution is 2.38. The van der Waals surface area contributed by atoms with Gasteiger partial charge in [0.15, 0.2) is 11.5 Å². The highest BCUT2D eigenvalue weighted by Gasteiger charge is 2.14. The molecule has 0 radical (unpaired) electrons. The highest BCUT2D eigenvalue weighted by atomic mass is 79.9. The maximum absolute atomic E-state index is 12.0. The SMILES string of the molecule is COc1cc(CCC(=O)NCc2ccc(Br)s2)cc(OC)c1OC. The van der Waals surface area contributed by atoms with Gasteiger partial charge in [0, 0.05) is 11.3 Å². The number of halogens is 1. The van der Waals surface area contributed by atoms with Gasteiger partial charge in [-0.05, 0) is 52.2 Å². The summed E-state index contributed by atoms with van der Waals surface area (Å²) in [6.07, 6.45) is 0.988. The molecule has 0 aliphatic carbocycles. The average molecular weight is 414 g/mol. The smallest absolute Gasteiger partial charge is 0.220 e. The van der Waals surface area contributed by atoms with E-state index in [1.165, 1.54) is 0 Å². The van der Waals surface area contributed by atoms with Crippen LogP contribution in [0, 0.1) is 0 Å². The van der Waals surface area contributed by atoms with Crippen molar-refractivity contribution in [3.05, 3.63) is 38.5 Å². The Morgan fingerprint density at radius 1 is 1.12 bits per heavy atom. The van der Waals surface area contributed by atoms with Gasteiger partial charge in [-0.3, -0.25) is 4.79 Å². The lowest BCUT2D eigenvalue weighted by Crippen LogP contribution is -2.22. The minimum Gasteiger partial charge on any atom is -0.493 e. The molecule has 0 unspecified atom stereocenters. The highest BCUT2D eigenvalue weighted by molar-refractivity contribution is 9.11. The summed E-state index contributed by atoms with van der Waals surface area (Å²) in [5.74, 6) is 1.75. The van der Waals surface area contributed by atoms with Crippen molar-refractivity contribution in [2.45, 2.75) is 19.4 Å². The van der Waals surface area contributed by atoms with Gasteiger partial charge in [-0.15, -0.1) is 11.3 Å². The summed E-state index contributed by atoms with van der Waals surface area (Å²) < 4.78 is 17.0. The van der Waals surface area contributed by atoms with E-state index in [0.29, 0.717) is 36.6 Å². The predicted octanol–water partition coefficient (Wildman–Crippen LogP) is 3.79. The second kappa shape index (κ2) is 8.94. The first-order valence-corrected chi connectivity index (χ1v) is 8.98. The van der Waals surface area contributed by atoms with E-state index in [4.69, 9.17) is 14.2 Å². The second-order valence-electron chi connectivity index (χ2n) is 5.02. The Morgan fingerprint density at radius 3 is 2.29 bits per heavy atom. The first-order valence-electron chi connectivity index (χ1n) is 7.37. The van der Waals surface area contributed by atoms with Crippen LogP contribution in [0.15, 0.2) is 28.1 Å². The first kappa shape index (κ1) is 18.6. The zero-order valence-corrected chi connectivity index (χ0v) is 16.3. The van der Waals surface area contributed by atoms with Crippen molar-refractivity contribution in [1.29, 1.82) is 0 Å². The lowest BCUT2D eigenvalue weighted by atomic mass is 10.1. The van der Waals surface area contributed by atoms with E-state index in [0.717, 1.165) is 14.2 Å². The number of methoxy groups -OCH3 is 3. The normalized spacial score (nSPS) is 10.3. The van der Waals surface area contributed by atoms with Gasteiger partial charge in [0.1, 0.15) is 0 Å². The third-order valence-electron chi connectivity index (χ3n) is 3.45. The maximum atomic E-state index is 12.0. The van der Waals surface area contributed by atoms with Crippen LogP contribution in [0.3, 0.4) is 0 Å². The van der Waals surface area contributed by atoms with Gasteiger partial charge in [-0.25, -0.2) is 0 Å². The molecular formula is C17H20BrNO4S. The van der Waals surface area contributed by atoms with Crippen LogP contribution in [0.5, 0.6) is 17.2 Å². The molecule has 1 amide bonds. The molecule has 0 atom stereocenters. The third kappa shape index (κ3) is 4.88. The largest absolute Gasteiger partial charge is 0.493 e. The number of rotatable bonds is 8. The molecule has 7 heteroatoms. The molecule has 2 rings (SSSR count). The fourth-order valence-corrected chi connectivity index (χ4v) is 3.68.